The van der Waals surface area contributed by atoms with E-state index < -0.39 is 0 Å². The molecule has 0 aliphatic heterocycles. The van der Waals surface area contributed by atoms with E-state index in [2.05, 4.69) is 57.9 Å². The van der Waals surface area contributed by atoms with Crippen molar-refractivity contribution in [1.82, 2.24) is 19.7 Å². The first kappa shape index (κ1) is 22.3. The van der Waals surface area contributed by atoms with Crippen LogP contribution < -0.4 is 4.74 Å². The normalized spacial score (nSPS) is 11.9. The monoisotopic (exact) mass is 462 g/mol. The number of thioether (sulfide) groups is 1. The summed E-state index contributed by atoms with van der Waals surface area (Å²) in [5.74, 6) is 2.34. The molecule has 0 fully saturated rings. The molecule has 1 unspecified atom stereocenters. The zero-order chi connectivity index (χ0) is 22.3. The van der Waals surface area contributed by atoms with Crippen LogP contribution in [0, 0.1) is 0 Å². The molecule has 0 bridgehead atoms. The summed E-state index contributed by atoms with van der Waals surface area (Å²) in [5.41, 5.74) is 3.47. The van der Waals surface area contributed by atoms with Crippen LogP contribution in [0.4, 0.5) is 0 Å². The highest BCUT2D eigenvalue weighted by Gasteiger charge is 2.19. The van der Waals surface area contributed by atoms with Gasteiger partial charge in [-0.2, -0.15) is 0 Å². The Morgan fingerprint density at radius 3 is 2.62 bits per heavy atom. The summed E-state index contributed by atoms with van der Waals surface area (Å²) in [4.78, 5) is 4.78. The van der Waals surface area contributed by atoms with Gasteiger partial charge in [0, 0.05) is 23.2 Å². The molecule has 2 aromatic heterocycles. The molecular weight excluding hydrogens is 436 g/mol. The van der Waals surface area contributed by atoms with Gasteiger partial charge in [0.1, 0.15) is 10.8 Å². The summed E-state index contributed by atoms with van der Waals surface area (Å²) >= 11 is 3.29. The van der Waals surface area contributed by atoms with E-state index >= 15 is 0 Å². The number of rotatable bonds is 10. The van der Waals surface area contributed by atoms with Gasteiger partial charge < -0.3 is 4.74 Å². The number of ether oxygens (including phenoxy) is 1. The predicted molar refractivity (Wildman–Crippen MR) is 132 cm³/mol. The number of hydrogen-bond acceptors (Lipinski definition) is 6. The molecule has 0 spiro atoms. The second kappa shape index (κ2) is 10.6. The summed E-state index contributed by atoms with van der Waals surface area (Å²) in [7, 11) is 0. The molecule has 2 heterocycles. The quantitative estimate of drug-likeness (QED) is 0.197. The molecule has 0 radical (unpaired) electrons. The van der Waals surface area contributed by atoms with Crippen molar-refractivity contribution in [2.75, 3.05) is 0 Å². The third-order valence-corrected chi connectivity index (χ3v) is 6.93. The van der Waals surface area contributed by atoms with E-state index in [1.165, 1.54) is 5.56 Å². The van der Waals surface area contributed by atoms with E-state index in [4.69, 9.17) is 9.72 Å². The van der Waals surface area contributed by atoms with Gasteiger partial charge in [0.05, 0.1) is 5.69 Å². The molecule has 4 rings (SSSR count). The lowest BCUT2D eigenvalue weighted by Crippen LogP contribution is -2.12. The third kappa shape index (κ3) is 5.29. The molecule has 5 nitrogen and oxygen atoms in total. The molecule has 0 aliphatic rings. The lowest BCUT2D eigenvalue weighted by Gasteiger charge is -2.16. The van der Waals surface area contributed by atoms with Gasteiger partial charge in [-0.15, -0.1) is 28.1 Å². The Hall–Kier alpha value is -2.90. The standard InChI is InChI=1S/C25H26N4OS2/c1-4-15-29-23(18(3)30-22-13-11-19(5-2)12-14-22)27-28-25(29)32-17-21-16-31-24(26-21)20-9-7-6-8-10-20/h4,6-14,16,18H,1,5,15,17H2,2-3H3. The first-order chi connectivity index (χ1) is 15.7. The van der Waals surface area contributed by atoms with Crippen LogP contribution in [-0.2, 0) is 18.7 Å². The van der Waals surface area contributed by atoms with Crippen LogP contribution >= 0.6 is 23.1 Å². The van der Waals surface area contributed by atoms with Crippen molar-refractivity contribution in [3.63, 3.8) is 0 Å². The molecule has 0 saturated heterocycles. The number of aromatic nitrogens is 4. The largest absolute Gasteiger partial charge is 0.483 e. The van der Waals surface area contributed by atoms with Crippen LogP contribution in [0.2, 0.25) is 0 Å². The topological polar surface area (TPSA) is 52.8 Å². The number of nitrogens with zero attached hydrogens (tertiary/aromatic N) is 4. The van der Waals surface area contributed by atoms with Crippen LogP contribution in [0.25, 0.3) is 10.6 Å². The lowest BCUT2D eigenvalue weighted by molar-refractivity contribution is 0.210. The fourth-order valence-corrected chi connectivity index (χ4v) is 5.07. The Bertz CT molecular complexity index is 1150. The lowest BCUT2D eigenvalue weighted by atomic mass is 10.2. The Morgan fingerprint density at radius 2 is 1.91 bits per heavy atom. The van der Waals surface area contributed by atoms with Crippen LogP contribution in [-0.4, -0.2) is 19.7 Å². The number of allylic oxidation sites excluding steroid dienone is 1. The summed E-state index contributed by atoms with van der Waals surface area (Å²) in [5, 5.41) is 12.8. The van der Waals surface area contributed by atoms with Crippen molar-refractivity contribution >= 4 is 23.1 Å². The van der Waals surface area contributed by atoms with E-state index in [0.29, 0.717) is 6.54 Å². The number of aryl methyl sites for hydroxylation is 1. The molecule has 2 aromatic carbocycles. The smallest absolute Gasteiger partial charge is 0.192 e. The SMILES string of the molecule is C=CCn1c(SCc2csc(-c3ccccc3)n2)nnc1C(C)Oc1ccc(CC)cc1. The van der Waals surface area contributed by atoms with E-state index in [1.54, 1.807) is 23.1 Å². The Morgan fingerprint density at radius 1 is 1.12 bits per heavy atom. The number of benzene rings is 2. The molecule has 0 saturated carbocycles. The zero-order valence-corrected chi connectivity index (χ0v) is 19.9. The highest BCUT2D eigenvalue weighted by atomic mass is 32.2. The Labute approximate surface area is 197 Å². The van der Waals surface area contributed by atoms with Gasteiger partial charge in [-0.05, 0) is 31.0 Å². The number of thiazole rings is 1. The van der Waals surface area contributed by atoms with Gasteiger partial charge in [0.2, 0.25) is 0 Å². The molecule has 32 heavy (non-hydrogen) atoms. The van der Waals surface area contributed by atoms with E-state index in [9.17, 15) is 0 Å². The maximum absolute atomic E-state index is 6.14. The fourth-order valence-electron chi connectivity index (χ4n) is 3.29. The van der Waals surface area contributed by atoms with Crippen LogP contribution in [0.15, 0.2) is 77.8 Å². The fraction of sp³-hybridized carbons (Fsp3) is 0.240. The molecule has 164 valence electrons. The van der Waals surface area contributed by atoms with Crippen molar-refractivity contribution in [2.45, 2.75) is 43.8 Å². The summed E-state index contributed by atoms with van der Waals surface area (Å²) in [6, 6.07) is 18.4. The maximum Gasteiger partial charge on any atom is 0.192 e. The first-order valence-electron chi connectivity index (χ1n) is 10.6. The second-order valence-corrected chi connectivity index (χ2v) is 9.10. The van der Waals surface area contributed by atoms with Crippen molar-refractivity contribution in [1.29, 1.82) is 0 Å². The van der Waals surface area contributed by atoms with Gasteiger partial charge in [-0.1, -0.05) is 67.2 Å². The third-order valence-electron chi connectivity index (χ3n) is 4.99. The van der Waals surface area contributed by atoms with Gasteiger partial charge in [0.25, 0.3) is 0 Å². The van der Waals surface area contributed by atoms with Gasteiger partial charge in [0.15, 0.2) is 17.1 Å². The zero-order valence-electron chi connectivity index (χ0n) is 18.3. The van der Waals surface area contributed by atoms with E-state index in [1.807, 2.05) is 43.3 Å². The van der Waals surface area contributed by atoms with E-state index in [0.717, 1.165) is 45.2 Å². The Kier molecular flexibility index (Phi) is 7.39. The van der Waals surface area contributed by atoms with Gasteiger partial charge in [-0.25, -0.2) is 4.98 Å². The molecule has 4 aromatic rings. The van der Waals surface area contributed by atoms with Crippen molar-refractivity contribution in [2.24, 2.45) is 0 Å². The average molecular weight is 463 g/mol. The maximum atomic E-state index is 6.14. The van der Waals surface area contributed by atoms with Crippen LogP contribution in [0.3, 0.4) is 0 Å². The first-order valence-corrected chi connectivity index (χ1v) is 12.5. The van der Waals surface area contributed by atoms with Crippen molar-refractivity contribution in [3.8, 4) is 16.3 Å². The summed E-state index contributed by atoms with van der Waals surface area (Å²) in [6.45, 7) is 8.66. The van der Waals surface area contributed by atoms with Crippen molar-refractivity contribution in [3.05, 3.63) is 89.7 Å². The average Bonchev–Trinajstić information content (AvgIpc) is 3.46. The minimum atomic E-state index is -0.228. The van der Waals surface area contributed by atoms with Gasteiger partial charge in [-0.3, -0.25) is 4.57 Å². The minimum Gasteiger partial charge on any atom is -0.483 e. The number of hydrogen-bond donors (Lipinski definition) is 0. The van der Waals surface area contributed by atoms with Gasteiger partial charge >= 0.3 is 0 Å². The van der Waals surface area contributed by atoms with Crippen molar-refractivity contribution < 1.29 is 4.74 Å². The second-order valence-electron chi connectivity index (χ2n) is 7.30. The molecular formula is C25H26N4OS2. The molecule has 0 amide bonds. The van der Waals surface area contributed by atoms with Crippen LogP contribution in [0.5, 0.6) is 5.75 Å². The highest BCUT2D eigenvalue weighted by Crippen LogP contribution is 2.29. The van der Waals surface area contributed by atoms with Crippen LogP contribution in [0.1, 0.15) is 37.0 Å². The molecule has 0 N–H and O–H groups in total. The Balaban J connectivity index is 1.45. The minimum absolute atomic E-state index is 0.228. The molecule has 1 atom stereocenters. The summed E-state index contributed by atoms with van der Waals surface area (Å²) < 4.78 is 8.20. The molecule has 0 aliphatic carbocycles. The molecule has 7 heteroatoms. The van der Waals surface area contributed by atoms with E-state index in [-0.39, 0.29) is 6.10 Å². The predicted octanol–water partition coefficient (Wildman–Crippen LogP) is 6.58. The summed E-state index contributed by atoms with van der Waals surface area (Å²) in [6.07, 6.45) is 2.64. The highest BCUT2D eigenvalue weighted by molar-refractivity contribution is 7.98.